The van der Waals surface area contributed by atoms with Crippen LogP contribution in [0.25, 0.3) is 0 Å². The van der Waals surface area contributed by atoms with Crippen LogP contribution in [0.4, 0.5) is 0 Å². The lowest BCUT2D eigenvalue weighted by Crippen LogP contribution is -2.31. The lowest BCUT2D eigenvalue weighted by molar-refractivity contribution is -0.156. The molecular formula is C46H76N2O6. The molecule has 0 radical (unpaired) electrons. The first kappa shape index (κ1) is 45.5. The Hall–Kier alpha value is -2.90. The Morgan fingerprint density at radius 3 is 1.91 bits per heavy atom. The molecule has 0 spiro atoms. The minimum Gasteiger partial charge on any atom is -0.465 e. The minimum atomic E-state index is -0.402. The van der Waals surface area contributed by atoms with Gasteiger partial charge in [0, 0.05) is 19.0 Å². The fourth-order valence-corrected chi connectivity index (χ4v) is 8.22. The topological polar surface area (TPSA) is 108 Å². The van der Waals surface area contributed by atoms with E-state index in [4.69, 9.17) is 14.2 Å². The second-order valence-electron chi connectivity index (χ2n) is 16.3. The lowest BCUT2D eigenvalue weighted by Gasteiger charge is -2.37. The van der Waals surface area contributed by atoms with Crippen molar-refractivity contribution in [2.45, 2.75) is 181 Å². The molecule has 1 unspecified atom stereocenters. The summed E-state index contributed by atoms with van der Waals surface area (Å²) in [7, 11) is 0. The molecule has 0 aliphatic heterocycles. The van der Waals surface area contributed by atoms with Gasteiger partial charge in [-0.2, -0.15) is 0 Å². The summed E-state index contributed by atoms with van der Waals surface area (Å²) in [4.78, 5) is 45.3. The molecule has 1 N–H and O–H groups in total. The summed E-state index contributed by atoms with van der Waals surface area (Å²) in [6, 6.07) is 0. The van der Waals surface area contributed by atoms with Gasteiger partial charge in [0.1, 0.15) is 19.8 Å². The number of esters is 3. The number of hydrogen-bond acceptors (Lipinski definition) is 7. The van der Waals surface area contributed by atoms with Crippen LogP contribution in [0.3, 0.4) is 0 Å². The van der Waals surface area contributed by atoms with E-state index in [1.807, 2.05) is 0 Å². The molecule has 0 bridgehead atoms. The average Bonchev–Trinajstić information content (AvgIpc) is 3.72. The number of carbonyl (C=O) groups is 3. The molecule has 306 valence electrons. The normalized spacial score (nSPS) is 21.0. The van der Waals surface area contributed by atoms with E-state index in [1.165, 1.54) is 83.5 Å². The van der Waals surface area contributed by atoms with E-state index in [-0.39, 0.29) is 50.1 Å². The zero-order valence-corrected chi connectivity index (χ0v) is 34.3. The highest BCUT2D eigenvalue weighted by Gasteiger charge is 2.33. The largest absolute Gasteiger partial charge is 0.465 e. The highest BCUT2D eigenvalue weighted by molar-refractivity contribution is 5.72. The molecule has 0 saturated heterocycles. The van der Waals surface area contributed by atoms with E-state index in [9.17, 15) is 14.4 Å². The standard InChI is InChI=1S/C46H76N2O6/c1-3-5-7-8-9-10-11-12-13-14-15-16-17-18-20-22-44(49)52-34-39(35-53-45(50)32-31-43-33-47-37-48-43)36-54-46(51)42-29-27-41(28-30-42)40-25-23-38(24-26-40)21-19-6-4-2/h9-10,12-13,33,37-42H,3-8,11,14-32,34-36H2,1-2H3,(H,47,48)/b10-9-,13-12-/t38-,39?,40-,41-,42-. The third-order valence-electron chi connectivity index (χ3n) is 11.8. The van der Waals surface area contributed by atoms with Crippen LogP contribution in [-0.4, -0.2) is 47.7 Å². The van der Waals surface area contributed by atoms with Gasteiger partial charge < -0.3 is 19.2 Å². The number of rotatable bonds is 29. The third-order valence-corrected chi connectivity index (χ3v) is 11.8. The van der Waals surface area contributed by atoms with Gasteiger partial charge in [-0.3, -0.25) is 14.4 Å². The van der Waals surface area contributed by atoms with Gasteiger partial charge in [-0.05, 0) is 94.8 Å². The van der Waals surface area contributed by atoms with Gasteiger partial charge in [0.05, 0.1) is 30.3 Å². The number of nitrogens with zero attached hydrogens (tertiary/aromatic N) is 1. The van der Waals surface area contributed by atoms with Crippen molar-refractivity contribution in [3.05, 3.63) is 42.5 Å². The zero-order valence-electron chi connectivity index (χ0n) is 34.3. The number of carbonyl (C=O) groups excluding carboxylic acids is 3. The van der Waals surface area contributed by atoms with Crippen molar-refractivity contribution in [2.75, 3.05) is 19.8 Å². The molecular weight excluding hydrogens is 677 g/mol. The number of nitrogens with one attached hydrogen (secondary N) is 1. The van der Waals surface area contributed by atoms with Gasteiger partial charge in [-0.25, -0.2) is 4.98 Å². The minimum absolute atomic E-state index is 0.0392. The van der Waals surface area contributed by atoms with E-state index in [0.29, 0.717) is 12.8 Å². The molecule has 0 amide bonds. The van der Waals surface area contributed by atoms with Gasteiger partial charge in [0.2, 0.25) is 0 Å². The van der Waals surface area contributed by atoms with Gasteiger partial charge >= 0.3 is 17.9 Å². The third kappa shape index (κ3) is 20.7. The predicted molar refractivity (Wildman–Crippen MR) is 218 cm³/mol. The van der Waals surface area contributed by atoms with E-state index in [2.05, 4.69) is 48.1 Å². The molecule has 8 heteroatoms. The molecule has 1 aromatic rings. The number of aryl methyl sites for hydroxylation is 1. The van der Waals surface area contributed by atoms with Crippen molar-refractivity contribution in [3.63, 3.8) is 0 Å². The summed E-state index contributed by atoms with van der Waals surface area (Å²) < 4.78 is 17.0. The molecule has 0 aromatic carbocycles. The highest BCUT2D eigenvalue weighted by Crippen LogP contribution is 2.42. The molecule has 2 aliphatic rings. The molecule has 3 rings (SSSR count). The number of imidazole rings is 1. The number of aromatic nitrogens is 2. The predicted octanol–water partition coefficient (Wildman–Crippen LogP) is 11.6. The maximum absolute atomic E-state index is 13.2. The van der Waals surface area contributed by atoms with Crippen molar-refractivity contribution in [1.82, 2.24) is 9.97 Å². The van der Waals surface area contributed by atoms with E-state index < -0.39 is 5.92 Å². The molecule has 2 aliphatic carbocycles. The van der Waals surface area contributed by atoms with Crippen molar-refractivity contribution in [1.29, 1.82) is 0 Å². The van der Waals surface area contributed by atoms with Gasteiger partial charge in [-0.1, -0.05) is 109 Å². The van der Waals surface area contributed by atoms with E-state index in [0.717, 1.165) is 87.7 Å². The molecule has 2 saturated carbocycles. The number of allylic oxidation sites excluding steroid dienone is 4. The van der Waals surface area contributed by atoms with Gasteiger partial charge in [0.15, 0.2) is 0 Å². The van der Waals surface area contributed by atoms with Crippen molar-refractivity contribution in [2.24, 2.45) is 29.6 Å². The van der Waals surface area contributed by atoms with Crippen LogP contribution < -0.4 is 0 Å². The van der Waals surface area contributed by atoms with E-state index in [1.54, 1.807) is 12.5 Å². The highest BCUT2D eigenvalue weighted by atomic mass is 16.6. The monoisotopic (exact) mass is 753 g/mol. The number of H-pyrrole nitrogens is 1. The first-order valence-electron chi connectivity index (χ1n) is 22.2. The Kier molecular flexibility index (Phi) is 24.8. The summed E-state index contributed by atoms with van der Waals surface area (Å²) in [5, 5.41) is 0. The summed E-state index contributed by atoms with van der Waals surface area (Å²) >= 11 is 0. The average molecular weight is 753 g/mol. The fourth-order valence-electron chi connectivity index (χ4n) is 8.22. The first-order valence-corrected chi connectivity index (χ1v) is 22.2. The fraction of sp³-hybridized carbons (Fsp3) is 0.783. The number of unbranched alkanes of at least 4 members (excludes halogenated alkanes) is 10. The molecule has 1 aromatic heterocycles. The van der Waals surface area contributed by atoms with E-state index >= 15 is 0 Å². The maximum Gasteiger partial charge on any atom is 0.308 e. The molecule has 54 heavy (non-hydrogen) atoms. The summed E-state index contributed by atoms with van der Waals surface area (Å²) in [6.07, 6.45) is 40.8. The smallest absolute Gasteiger partial charge is 0.308 e. The van der Waals surface area contributed by atoms with Crippen LogP contribution in [0.1, 0.15) is 180 Å². The van der Waals surface area contributed by atoms with Crippen LogP contribution in [0.15, 0.2) is 36.8 Å². The van der Waals surface area contributed by atoms with Gasteiger partial charge in [-0.15, -0.1) is 0 Å². The molecule has 8 nitrogen and oxygen atoms in total. The Morgan fingerprint density at radius 1 is 0.685 bits per heavy atom. The van der Waals surface area contributed by atoms with Crippen molar-refractivity contribution < 1.29 is 28.6 Å². The quantitative estimate of drug-likeness (QED) is 0.0376. The maximum atomic E-state index is 13.2. The Labute approximate surface area is 328 Å². The van der Waals surface area contributed by atoms with Gasteiger partial charge in [0.25, 0.3) is 0 Å². The zero-order chi connectivity index (χ0) is 38.5. The molecule has 2 fully saturated rings. The molecule has 1 heterocycles. The number of ether oxygens (including phenoxy) is 3. The Morgan fingerprint density at radius 2 is 1.26 bits per heavy atom. The van der Waals surface area contributed by atoms with Crippen LogP contribution >= 0.6 is 0 Å². The lowest BCUT2D eigenvalue weighted by atomic mass is 9.68. The van der Waals surface area contributed by atoms with Crippen molar-refractivity contribution >= 4 is 17.9 Å². The van der Waals surface area contributed by atoms with Crippen LogP contribution in [0.5, 0.6) is 0 Å². The number of hydrogen-bond donors (Lipinski definition) is 1. The second-order valence-corrected chi connectivity index (χ2v) is 16.3. The summed E-state index contributed by atoms with van der Waals surface area (Å²) in [5.74, 6) is 1.22. The van der Waals surface area contributed by atoms with Crippen molar-refractivity contribution in [3.8, 4) is 0 Å². The number of aromatic amines is 1. The van der Waals surface area contributed by atoms with Crippen LogP contribution in [0, 0.1) is 29.6 Å². The molecule has 1 atom stereocenters. The summed E-state index contributed by atoms with van der Waals surface area (Å²) in [6.45, 7) is 4.69. The first-order chi connectivity index (χ1) is 26.5. The van der Waals surface area contributed by atoms with Crippen LogP contribution in [0.2, 0.25) is 0 Å². The SMILES string of the molecule is CCCCC/C=C\C/C=C\CCCCCCCC(=O)OCC(COC(=O)CCc1c[nH]cn1)COC(=O)[C@H]1CC[C@H]([C@H]2CC[C@H](CCCCC)CC2)CC1. The van der Waals surface area contributed by atoms with Crippen LogP contribution in [-0.2, 0) is 35.0 Å². The Bertz CT molecular complexity index is 1160. The Balaban J connectivity index is 1.31. The summed E-state index contributed by atoms with van der Waals surface area (Å²) in [5.41, 5.74) is 0.796. The second kappa shape index (κ2) is 29.4.